The van der Waals surface area contributed by atoms with Crippen LogP contribution in [0, 0.1) is 11.8 Å². The lowest BCUT2D eigenvalue weighted by molar-refractivity contribution is 0.0800. The van der Waals surface area contributed by atoms with Crippen LogP contribution in [0.3, 0.4) is 0 Å². The van der Waals surface area contributed by atoms with Crippen molar-refractivity contribution >= 4 is 17.7 Å². The van der Waals surface area contributed by atoms with Crippen LogP contribution in [0.5, 0.6) is 0 Å². The van der Waals surface area contributed by atoms with Gasteiger partial charge in [-0.25, -0.2) is 4.79 Å². The van der Waals surface area contributed by atoms with Gasteiger partial charge >= 0.3 is 6.09 Å². The van der Waals surface area contributed by atoms with Crippen LogP contribution in [0.15, 0.2) is 24.3 Å². The Morgan fingerprint density at radius 2 is 1.77 bits per heavy atom. The minimum absolute atomic E-state index is 0.0469. The molecule has 4 nitrogen and oxygen atoms in total. The molecule has 2 unspecified atom stereocenters. The minimum atomic E-state index is -0.159. The second-order valence-corrected chi connectivity index (χ2v) is 7.11. The molecule has 22 heavy (non-hydrogen) atoms. The molecule has 2 heterocycles. The Morgan fingerprint density at radius 1 is 1.18 bits per heavy atom. The molecule has 2 atom stereocenters. The summed E-state index contributed by atoms with van der Waals surface area (Å²) in [7, 11) is 0. The summed E-state index contributed by atoms with van der Waals surface area (Å²) in [4.78, 5) is 16.3. The number of carbonyl (C=O) groups excluding carboxylic acids is 1. The molecule has 2 fully saturated rings. The topological polar surface area (TPSA) is 32.8 Å². The first kappa shape index (κ1) is 15.6. The number of hydrogen-bond acceptors (Lipinski definition) is 3. The normalized spacial score (nSPS) is 24.8. The number of halogens is 1. The summed E-state index contributed by atoms with van der Waals surface area (Å²) in [5.74, 6) is 1.15. The smallest absolute Gasteiger partial charge is 0.410 e. The highest BCUT2D eigenvalue weighted by Crippen LogP contribution is 2.32. The molecule has 1 amide bonds. The lowest BCUT2D eigenvalue weighted by atomic mass is 10.0. The monoisotopic (exact) mass is 322 g/mol. The third-order valence-corrected chi connectivity index (χ3v) is 4.73. The average Bonchev–Trinajstić information content (AvgIpc) is 2.98. The summed E-state index contributed by atoms with van der Waals surface area (Å²) >= 11 is 5.92. The van der Waals surface area contributed by atoms with Gasteiger partial charge in [-0.2, -0.15) is 0 Å². The molecule has 0 radical (unpaired) electrons. The third kappa shape index (κ3) is 3.55. The molecule has 0 saturated carbocycles. The molecule has 2 aliphatic heterocycles. The maximum atomic E-state index is 12.0. The van der Waals surface area contributed by atoms with Gasteiger partial charge in [-0.05, 0) is 43.4 Å². The van der Waals surface area contributed by atoms with Crippen LogP contribution in [0.25, 0.3) is 0 Å². The maximum Gasteiger partial charge on any atom is 0.410 e. The molecule has 0 bridgehead atoms. The van der Waals surface area contributed by atoms with E-state index in [0.29, 0.717) is 11.8 Å². The van der Waals surface area contributed by atoms with Gasteiger partial charge in [0.1, 0.15) is 0 Å². The zero-order valence-corrected chi connectivity index (χ0v) is 13.9. The second kappa shape index (κ2) is 6.47. The van der Waals surface area contributed by atoms with Crippen molar-refractivity contribution in [3.63, 3.8) is 0 Å². The van der Waals surface area contributed by atoms with Crippen LogP contribution in [0.4, 0.5) is 4.79 Å². The van der Waals surface area contributed by atoms with Gasteiger partial charge in [0.15, 0.2) is 0 Å². The standard InChI is InChI=1S/C17H23ClN2O2/c1-12(2)22-17(21)20-10-14-8-19(9-15(14)11-20)7-13-3-5-16(18)6-4-13/h3-6,12,14-15H,7-11H2,1-2H3. The van der Waals surface area contributed by atoms with E-state index in [0.717, 1.165) is 37.7 Å². The molecule has 0 aliphatic carbocycles. The van der Waals surface area contributed by atoms with Crippen molar-refractivity contribution in [2.24, 2.45) is 11.8 Å². The number of likely N-dealkylation sites (tertiary alicyclic amines) is 2. The molecule has 0 N–H and O–H groups in total. The van der Waals surface area contributed by atoms with E-state index in [1.54, 1.807) is 0 Å². The van der Waals surface area contributed by atoms with E-state index >= 15 is 0 Å². The molecule has 2 aliphatic rings. The van der Waals surface area contributed by atoms with E-state index in [2.05, 4.69) is 17.0 Å². The van der Waals surface area contributed by atoms with Gasteiger partial charge in [0.2, 0.25) is 0 Å². The Hall–Kier alpha value is -1.26. The first-order chi connectivity index (χ1) is 10.5. The molecule has 1 aromatic carbocycles. The van der Waals surface area contributed by atoms with Gasteiger partial charge < -0.3 is 9.64 Å². The van der Waals surface area contributed by atoms with E-state index in [1.165, 1.54) is 5.56 Å². The van der Waals surface area contributed by atoms with Gasteiger partial charge in [0.25, 0.3) is 0 Å². The van der Waals surface area contributed by atoms with Crippen LogP contribution < -0.4 is 0 Å². The number of hydrogen-bond donors (Lipinski definition) is 0. The number of rotatable bonds is 3. The highest BCUT2D eigenvalue weighted by atomic mass is 35.5. The Labute approximate surface area is 137 Å². The van der Waals surface area contributed by atoms with E-state index in [4.69, 9.17) is 16.3 Å². The molecule has 5 heteroatoms. The van der Waals surface area contributed by atoms with Crippen LogP contribution in [0.2, 0.25) is 5.02 Å². The minimum Gasteiger partial charge on any atom is -0.447 e. The number of benzene rings is 1. The Morgan fingerprint density at radius 3 is 2.32 bits per heavy atom. The Balaban J connectivity index is 1.51. The van der Waals surface area contributed by atoms with Crippen molar-refractivity contribution in [1.29, 1.82) is 0 Å². The number of ether oxygens (including phenoxy) is 1. The van der Waals surface area contributed by atoms with Crippen LogP contribution in [-0.2, 0) is 11.3 Å². The SMILES string of the molecule is CC(C)OC(=O)N1CC2CN(Cc3ccc(Cl)cc3)CC2C1. The number of amides is 1. The van der Waals surface area contributed by atoms with Crippen molar-refractivity contribution < 1.29 is 9.53 Å². The summed E-state index contributed by atoms with van der Waals surface area (Å²) in [6.45, 7) is 8.50. The fraction of sp³-hybridized carbons (Fsp3) is 0.588. The van der Waals surface area contributed by atoms with Gasteiger partial charge in [-0.15, -0.1) is 0 Å². The Kier molecular flexibility index (Phi) is 4.59. The lowest BCUT2D eigenvalue weighted by Gasteiger charge is -2.22. The van der Waals surface area contributed by atoms with E-state index in [9.17, 15) is 4.79 Å². The van der Waals surface area contributed by atoms with E-state index in [-0.39, 0.29) is 12.2 Å². The quantitative estimate of drug-likeness (QED) is 0.856. The molecule has 0 spiro atoms. The van der Waals surface area contributed by atoms with E-state index < -0.39 is 0 Å². The fourth-order valence-corrected chi connectivity index (χ4v) is 3.62. The Bertz CT molecular complexity index is 518. The van der Waals surface area contributed by atoms with Crippen molar-refractivity contribution in [3.8, 4) is 0 Å². The van der Waals surface area contributed by atoms with Gasteiger partial charge in [0.05, 0.1) is 6.10 Å². The highest BCUT2D eigenvalue weighted by molar-refractivity contribution is 6.30. The summed E-state index contributed by atoms with van der Waals surface area (Å²) in [6.07, 6.45) is -0.206. The van der Waals surface area contributed by atoms with Crippen molar-refractivity contribution in [3.05, 3.63) is 34.9 Å². The van der Waals surface area contributed by atoms with Gasteiger partial charge in [0, 0.05) is 37.7 Å². The second-order valence-electron chi connectivity index (χ2n) is 6.68. The van der Waals surface area contributed by atoms with Gasteiger partial charge in [-0.3, -0.25) is 4.90 Å². The predicted octanol–water partition coefficient (Wildman–Crippen LogP) is 3.25. The van der Waals surface area contributed by atoms with Crippen LogP contribution in [0.1, 0.15) is 19.4 Å². The molecule has 3 rings (SSSR count). The van der Waals surface area contributed by atoms with Crippen molar-refractivity contribution in [2.45, 2.75) is 26.5 Å². The van der Waals surface area contributed by atoms with Crippen LogP contribution in [-0.4, -0.2) is 48.2 Å². The lowest BCUT2D eigenvalue weighted by Crippen LogP contribution is -2.34. The molecular formula is C17H23ClN2O2. The summed E-state index contributed by atoms with van der Waals surface area (Å²) in [6, 6.07) is 8.06. The predicted molar refractivity (Wildman–Crippen MR) is 86.9 cm³/mol. The first-order valence-electron chi connectivity index (χ1n) is 7.93. The third-order valence-electron chi connectivity index (χ3n) is 4.48. The van der Waals surface area contributed by atoms with E-state index in [1.807, 2.05) is 30.9 Å². The fourth-order valence-electron chi connectivity index (χ4n) is 3.49. The number of carbonyl (C=O) groups is 1. The highest BCUT2D eigenvalue weighted by Gasteiger charge is 2.42. The molecule has 120 valence electrons. The zero-order chi connectivity index (χ0) is 15.7. The average molecular weight is 323 g/mol. The zero-order valence-electron chi connectivity index (χ0n) is 13.2. The van der Waals surface area contributed by atoms with Crippen LogP contribution >= 0.6 is 11.6 Å². The molecule has 0 aromatic heterocycles. The van der Waals surface area contributed by atoms with Crippen molar-refractivity contribution in [1.82, 2.24) is 9.80 Å². The maximum absolute atomic E-state index is 12.0. The summed E-state index contributed by atoms with van der Waals surface area (Å²) < 4.78 is 5.29. The number of fused-ring (bicyclic) bond motifs is 1. The molecular weight excluding hydrogens is 300 g/mol. The molecule has 1 aromatic rings. The van der Waals surface area contributed by atoms with Gasteiger partial charge in [-0.1, -0.05) is 23.7 Å². The molecule has 2 saturated heterocycles. The summed E-state index contributed by atoms with van der Waals surface area (Å²) in [5.41, 5.74) is 1.29. The largest absolute Gasteiger partial charge is 0.447 e. The number of nitrogens with zero attached hydrogens (tertiary/aromatic N) is 2. The first-order valence-corrected chi connectivity index (χ1v) is 8.31. The summed E-state index contributed by atoms with van der Waals surface area (Å²) in [5, 5.41) is 0.779. The van der Waals surface area contributed by atoms with Crippen molar-refractivity contribution in [2.75, 3.05) is 26.2 Å².